The van der Waals surface area contributed by atoms with Crippen LogP contribution in [0.5, 0.6) is 0 Å². The van der Waals surface area contributed by atoms with Crippen molar-refractivity contribution in [3.05, 3.63) is 209 Å². The summed E-state index contributed by atoms with van der Waals surface area (Å²) in [6, 6.07) is 46.0. The fourth-order valence-corrected chi connectivity index (χ4v) is 518. The lowest BCUT2D eigenvalue weighted by Crippen LogP contribution is -3.53. The van der Waals surface area contributed by atoms with Crippen molar-refractivity contribution in [1.29, 1.82) is 0 Å². The van der Waals surface area contributed by atoms with Crippen LogP contribution >= 0.6 is 22.2 Å². The summed E-state index contributed by atoms with van der Waals surface area (Å²) >= 11 is 22.8. The molecule has 5 fully saturated rings. The molecule has 0 amide bonds. The molecule has 0 spiro atoms. The lowest BCUT2D eigenvalue weighted by atomic mass is 9.89. The molecule has 4 atom stereocenters. The predicted molar refractivity (Wildman–Crippen MR) is 483 cm³/mol. The third-order valence-electron chi connectivity index (χ3n) is 25.9. The number of halogens is 2. The first kappa shape index (κ1) is 84.4. The van der Waals surface area contributed by atoms with E-state index in [4.69, 9.17) is 0 Å². The Bertz CT molecular complexity index is 3660. The van der Waals surface area contributed by atoms with Crippen LogP contribution in [0.2, 0.25) is 0 Å². The minimum absolute atomic E-state index is 0.260. The summed E-state index contributed by atoms with van der Waals surface area (Å²) in [5, 5.41) is 11.0. The molecule has 104 heavy (non-hydrogen) atoms. The highest BCUT2D eigenvalue weighted by Crippen LogP contribution is 2.87. The lowest BCUT2D eigenvalue weighted by molar-refractivity contribution is 0.807. The van der Waals surface area contributed by atoms with Crippen molar-refractivity contribution in [2.45, 2.75) is 356 Å². The van der Waals surface area contributed by atoms with Gasteiger partial charge in [-0.3, -0.25) is 0 Å². The molecule has 12 rings (SSSR count). The molecule has 5 aliphatic heterocycles. The van der Waals surface area contributed by atoms with E-state index in [1.165, 1.54) is 33.4 Å². The quantitative estimate of drug-likeness (QED) is 0.0418. The van der Waals surface area contributed by atoms with Crippen LogP contribution in [0.4, 0.5) is 0 Å². The molecule has 7 aromatic carbocycles. The SMILES string of the molecule is CC(C)c1cc(C(C)C)c([Si]2(c3c(C(C)C)cc(C(C)C)cc3C(C)C)[Si@]3(Cl)[Si@@]4(Cl)[Si](c5c(C(C)C)cc(C(C)C)cc5C(C)C)(c5c(C(C)C)cc(C(C)C)cc5C(C)C)[Si@]3(c3c(C(C)C)cc(C(C)C)cc3C(C)C)[Si@@]24c2c(C(C)C)cc(C(C)C)cc2C(C)C)c(C(C)C)c1.c1ccccc1. The Morgan fingerprint density at radius 3 is 0.365 bits per heavy atom. The molecule has 4 bridgehead atoms. The van der Waals surface area contributed by atoms with Crippen LogP contribution in [0.25, 0.3) is 0 Å². The average Bonchev–Trinajstić information content (AvgIpc) is 0.521. The van der Waals surface area contributed by atoms with Gasteiger partial charge in [0.1, 0.15) is 14.2 Å². The fourth-order valence-electron chi connectivity index (χ4n) is 20.9. The molecule has 0 unspecified atom stereocenters. The van der Waals surface area contributed by atoms with E-state index in [1.54, 1.807) is 66.8 Å². The first-order valence-electron chi connectivity index (χ1n) is 41.8. The van der Waals surface area contributed by atoms with Crippen LogP contribution in [-0.4, -0.2) is 39.3 Å². The van der Waals surface area contributed by atoms with E-state index in [0.29, 0.717) is 35.5 Å². The van der Waals surface area contributed by atoms with Crippen LogP contribution in [0.1, 0.15) is 456 Å². The standard InChI is InChI=1S/C90H138Cl2Si6.C6H6/c1-49(2)67-37-73(55(13)14)85(74(38-67)56(15)16)93(86-75(57(17)18)39-68(50(3)4)40-76(86)58(19)20)95(89-81(63(29)30)45-71(53(9)10)46-82(89)64(31)32)96(90-83(65(33)34)47-72(54(11)12)48-84(90)66(35)36)94(98(95,92)97(93,96)91,87-77(59(21)22)41-69(51(5)6)42-78(87)60(23)24)88-79(61(25)26)43-70(52(7)8)44-80(88)62(27)28;1-2-4-6-5-3-1/h37-66H,1-36H3;1-6H/t95-,96-,97+,98+;/m1./s1. The van der Waals surface area contributed by atoms with E-state index in [1.807, 2.05) is 67.5 Å². The molecule has 0 nitrogen and oxygen atoms in total. The van der Waals surface area contributed by atoms with Crippen molar-refractivity contribution < 1.29 is 0 Å². The second-order valence-corrected chi connectivity index (χ2v) is 116. The maximum Gasteiger partial charge on any atom is 0.153 e. The Hall–Kier alpha value is -3.58. The van der Waals surface area contributed by atoms with Gasteiger partial charge in [0.15, 0.2) is 11.9 Å². The summed E-state index contributed by atoms with van der Waals surface area (Å²) in [6.07, 6.45) is 0. The second kappa shape index (κ2) is 30.9. The highest BCUT2D eigenvalue weighted by atomic mass is 35.6. The molecule has 7 aromatic rings. The third kappa shape index (κ3) is 12.1. The normalized spacial score (nSPS) is 20.5. The summed E-state index contributed by atoms with van der Waals surface area (Å²) in [6.45, 7) is 85.0. The molecule has 8 heteroatoms. The van der Waals surface area contributed by atoms with Crippen LogP contribution < -0.4 is 31.1 Å². The van der Waals surface area contributed by atoms with E-state index in [9.17, 15) is 22.2 Å². The van der Waals surface area contributed by atoms with Crippen molar-refractivity contribution in [3.63, 3.8) is 0 Å². The van der Waals surface area contributed by atoms with Crippen molar-refractivity contribution in [2.24, 2.45) is 0 Å². The Morgan fingerprint density at radius 1 is 0.163 bits per heavy atom. The van der Waals surface area contributed by atoms with E-state index < -0.39 is 39.3 Å². The molecule has 0 saturated carbocycles. The number of rotatable bonds is 24. The maximum atomic E-state index is 11.4. The van der Waals surface area contributed by atoms with Crippen LogP contribution in [0, 0.1) is 0 Å². The highest BCUT2D eigenvalue weighted by Gasteiger charge is 3.28. The van der Waals surface area contributed by atoms with Gasteiger partial charge in [0.05, 0.1) is 13.3 Å². The molecule has 0 aromatic heterocycles. The predicted octanol–water partition coefficient (Wildman–Crippen LogP) is 26.2. The summed E-state index contributed by atoms with van der Waals surface area (Å²) in [4.78, 5) is 0. The number of hydrogen-bond acceptors (Lipinski definition) is 0. The van der Waals surface area contributed by atoms with Gasteiger partial charge < -0.3 is 0 Å². The summed E-state index contributed by atoms with van der Waals surface area (Å²) in [5.41, 5.74) is 28.6. The zero-order valence-electron chi connectivity index (χ0n) is 72.5. The molecule has 0 radical (unpaired) electrons. The van der Waals surface area contributed by atoms with E-state index in [2.05, 4.69) is 322 Å². The van der Waals surface area contributed by atoms with E-state index >= 15 is 0 Å². The largest absolute Gasteiger partial charge is 0.176 e. The first-order valence-corrected chi connectivity index (χ1v) is 63.8. The first-order chi connectivity index (χ1) is 48.3. The molecule has 5 heterocycles. The van der Waals surface area contributed by atoms with Gasteiger partial charge in [0, 0.05) is 0 Å². The number of hydrogen-bond donors (Lipinski definition) is 0. The van der Waals surface area contributed by atoms with Gasteiger partial charge in [-0.05, 0) is 207 Å². The van der Waals surface area contributed by atoms with E-state index in [-0.39, 0.29) is 71.0 Å². The molecule has 0 aliphatic carbocycles. The highest BCUT2D eigenvalue weighted by molar-refractivity contribution is 8.81. The third-order valence-corrected chi connectivity index (χ3v) is 257. The molecular formula is C96H144Cl2Si6. The van der Waals surface area contributed by atoms with Gasteiger partial charge in [0.25, 0.3) is 0 Å². The van der Waals surface area contributed by atoms with Crippen molar-refractivity contribution in [3.8, 4) is 0 Å². The van der Waals surface area contributed by atoms with Gasteiger partial charge in [-0.15, -0.1) is 0 Å². The smallest absolute Gasteiger partial charge is 0.153 e. The fraction of sp³-hybridized carbons (Fsp3) is 0.562. The number of benzene rings is 7. The summed E-state index contributed by atoms with van der Waals surface area (Å²) in [5.74, 6) is -1.87. The van der Waals surface area contributed by atoms with Crippen molar-refractivity contribution in [1.82, 2.24) is 0 Å². The monoisotopic (exact) mass is 1530 g/mol. The Kier molecular flexibility index (Phi) is 25.1. The second-order valence-electron chi connectivity index (χ2n) is 38.7. The summed E-state index contributed by atoms with van der Waals surface area (Å²) in [7, 11) is -7.15. The lowest BCUT2D eigenvalue weighted by Gasteiger charge is -3.08. The van der Waals surface area contributed by atoms with Gasteiger partial charge in [-0.2, -0.15) is 22.2 Å². The molecule has 0 N–H and O–H groups in total. The maximum absolute atomic E-state index is 11.4. The van der Waals surface area contributed by atoms with Gasteiger partial charge in [-0.25, -0.2) is 0 Å². The van der Waals surface area contributed by atoms with Crippen molar-refractivity contribution >= 4 is 92.6 Å². The molecule has 5 aliphatic rings. The van der Waals surface area contributed by atoms with Crippen LogP contribution in [-0.2, 0) is 0 Å². The Balaban J connectivity index is 0.00000199. The van der Waals surface area contributed by atoms with Gasteiger partial charge >= 0.3 is 0 Å². The minimum Gasteiger partial charge on any atom is -0.176 e. The molecular weight excluding hydrogens is 1390 g/mol. The molecule has 5 saturated heterocycles. The zero-order chi connectivity index (χ0) is 78.0. The van der Waals surface area contributed by atoms with Gasteiger partial charge in [-0.1, -0.05) is 390 Å². The zero-order valence-corrected chi connectivity index (χ0v) is 80.1. The van der Waals surface area contributed by atoms with E-state index in [0.717, 1.165) is 0 Å². The van der Waals surface area contributed by atoms with Gasteiger partial charge in [0.2, 0.25) is 0 Å². The summed E-state index contributed by atoms with van der Waals surface area (Å²) < 4.78 is 0. The van der Waals surface area contributed by atoms with Crippen molar-refractivity contribution in [2.75, 3.05) is 0 Å². The Morgan fingerprint density at radius 2 is 0.269 bits per heavy atom. The average molecular weight is 1540 g/mol. The Labute approximate surface area is 652 Å². The van der Waals surface area contributed by atoms with Crippen LogP contribution in [0.3, 0.4) is 0 Å². The minimum atomic E-state index is -3.62. The molecule has 566 valence electrons. The topological polar surface area (TPSA) is 0 Å². The van der Waals surface area contributed by atoms with Crippen LogP contribution in [0.15, 0.2) is 109 Å².